The Labute approximate surface area is 101 Å². The summed E-state index contributed by atoms with van der Waals surface area (Å²) in [5.74, 6) is 1.04. The zero-order valence-electron chi connectivity index (χ0n) is 11.0. The van der Waals surface area contributed by atoms with Crippen LogP contribution in [0.1, 0.15) is 77.6 Å². The largest absolute Gasteiger partial charge is 0.311 e. The average molecular weight is 223 g/mol. The standard InChI is InChI=1S/C15H29N/c1-2-6-13-7-5-10-15(12-11-13)16-14-8-3-4-9-14/h13-16H,2-12H2,1H3. The second-order valence-electron chi connectivity index (χ2n) is 6.01. The minimum atomic E-state index is 0.852. The van der Waals surface area contributed by atoms with Gasteiger partial charge in [0.25, 0.3) is 0 Å². The molecule has 0 aromatic heterocycles. The van der Waals surface area contributed by atoms with Crippen molar-refractivity contribution in [3.8, 4) is 0 Å². The molecule has 1 nitrogen and oxygen atoms in total. The third kappa shape index (κ3) is 3.76. The molecule has 0 spiro atoms. The maximum absolute atomic E-state index is 3.92. The predicted molar refractivity (Wildman–Crippen MR) is 70.7 cm³/mol. The van der Waals surface area contributed by atoms with Gasteiger partial charge in [-0.25, -0.2) is 0 Å². The van der Waals surface area contributed by atoms with Crippen LogP contribution in [-0.2, 0) is 0 Å². The van der Waals surface area contributed by atoms with Crippen molar-refractivity contribution >= 4 is 0 Å². The van der Waals surface area contributed by atoms with Crippen LogP contribution in [0.4, 0.5) is 0 Å². The Morgan fingerprint density at radius 2 is 1.50 bits per heavy atom. The van der Waals surface area contributed by atoms with E-state index in [-0.39, 0.29) is 0 Å². The van der Waals surface area contributed by atoms with Crippen LogP contribution in [0.5, 0.6) is 0 Å². The Kier molecular flexibility index (Phi) is 5.15. The Bertz CT molecular complexity index is 184. The van der Waals surface area contributed by atoms with Crippen molar-refractivity contribution in [2.45, 2.75) is 89.6 Å². The van der Waals surface area contributed by atoms with Crippen LogP contribution in [0.25, 0.3) is 0 Å². The first-order valence-corrected chi connectivity index (χ1v) is 7.64. The molecule has 2 fully saturated rings. The number of hydrogen-bond donors (Lipinski definition) is 1. The van der Waals surface area contributed by atoms with Gasteiger partial charge in [0.05, 0.1) is 0 Å². The summed E-state index contributed by atoms with van der Waals surface area (Å²) in [5.41, 5.74) is 0. The van der Waals surface area contributed by atoms with Gasteiger partial charge in [0, 0.05) is 12.1 Å². The van der Waals surface area contributed by atoms with E-state index >= 15 is 0 Å². The van der Waals surface area contributed by atoms with E-state index in [1.54, 1.807) is 0 Å². The molecule has 0 bridgehead atoms. The lowest BCUT2D eigenvalue weighted by Gasteiger charge is -2.21. The van der Waals surface area contributed by atoms with Crippen molar-refractivity contribution in [1.82, 2.24) is 5.32 Å². The van der Waals surface area contributed by atoms with E-state index in [0.29, 0.717) is 0 Å². The van der Waals surface area contributed by atoms with Crippen LogP contribution in [0.3, 0.4) is 0 Å². The molecule has 2 rings (SSSR count). The van der Waals surface area contributed by atoms with E-state index < -0.39 is 0 Å². The normalized spacial score (nSPS) is 32.8. The van der Waals surface area contributed by atoms with Gasteiger partial charge in [0.2, 0.25) is 0 Å². The van der Waals surface area contributed by atoms with Gasteiger partial charge in [-0.1, -0.05) is 45.4 Å². The number of nitrogens with one attached hydrogen (secondary N) is 1. The zero-order valence-corrected chi connectivity index (χ0v) is 11.0. The van der Waals surface area contributed by atoms with Crippen LogP contribution in [0.15, 0.2) is 0 Å². The van der Waals surface area contributed by atoms with Crippen molar-refractivity contribution in [3.63, 3.8) is 0 Å². The molecule has 0 heterocycles. The molecule has 0 radical (unpaired) electrons. The Balaban J connectivity index is 1.70. The number of hydrogen-bond acceptors (Lipinski definition) is 1. The monoisotopic (exact) mass is 223 g/mol. The van der Waals surface area contributed by atoms with Crippen molar-refractivity contribution in [3.05, 3.63) is 0 Å². The maximum Gasteiger partial charge on any atom is 0.00697 e. The van der Waals surface area contributed by atoms with Crippen LogP contribution < -0.4 is 5.32 Å². The Hall–Kier alpha value is -0.0400. The van der Waals surface area contributed by atoms with Gasteiger partial charge in [-0.15, -0.1) is 0 Å². The van der Waals surface area contributed by atoms with E-state index in [4.69, 9.17) is 0 Å². The summed E-state index contributed by atoms with van der Waals surface area (Å²) >= 11 is 0. The molecule has 0 saturated heterocycles. The molecule has 0 aliphatic heterocycles. The Morgan fingerprint density at radius 3 is 2.25 bits per heavy atom. The van der Waals surface area contributed by atoms with Crippen molar-refractivity contribution < 1.29 is 0 Å². The molecule has 2 saturated carbocycles. The highest BCUT2D eigenvalue weighted by molar-refractivity contribution is 4.81. The quantitative estimate of drug-likeness (QED) is 0.702. The molecule has 2 unspecified atom stereocenters. The molecule has 2 atom stereocenters. The molecule has 16 heavy (non-hydrogen) atoms. The SMILES string of the molecule is CCCC1CCCC(NC2CCCC2)CC1. The van der Waals surface area contributed by atoms with Gasteiger partial charge < -0.3 is 5.32 Å². The lowest BCUT2D eigenvalue weighted by atomic mass is 9.95. The highest BCUT2D eigenvalue weighted by Crippen LogP contribution is 2.28. The topological polar surface area (TPSA) is 12.0 Å². The lowest BCUT2D eigenvalue weighted by Crippen LogP contribution is -2.36. The van der Waals surface area contributed by atoms with Crippen LogP contribution in [0, 0.1) is 5.92 Å². The minimum Gasteiger partial charge on any atom is -0.311 e. The molecule has 0 aromatic carbocycles. The highest BCUT2D eigenvalue weighted by Gasteiger charge is 2.22. The van der Waals surface area contributed by atoms with Crippen molar-refractivity contribution in [1.29, 1.82) is 0 Å². The van der Waals surface area contributed by atoms with Crippen molar-refractivity contribution in [2.75, 3.05) is 0 Å². The van der Waals surface area contributed by atoms with Gasteiger partial charge in [-0.2, -0.15) is 0 Å². The second-order valence-corrected chi connectivity index (χ2v) is 6.01. The van der Waals surface area contributed by atoms with E-state index in [2.05, 4.69) is 12.2 Å². The molecule has 94 valence electrons. The van der Waals surface area contributed by atoms with Gasteiger partial charge in [0.15, 0.2) is 0 Å². The van der Waals surface area contributed by atoms with E-state index in [1.807, 2.05) is 0 Å². The summed E-state index contributed by atoms with van der Waals surface area (Å²) in [7, 11) is 0. The molecule has 1 heteroatoms. The van der Waals surface area contributed by atoms with E-state index in [1.165, 1.54) is 70.6 Å². The fraction of sp³-hybridized carbons (Fsp3) is 1.00. The maximum atomic E-state index is 3.92. The molecular weight excluding hydrogens is 194 g/mol. The first kappa shape index (κ1) is 12.4. The third-order valence-corrected chi connectivity index (χ3v) is 4.61. The van der Waals surface area contributed by atoms with Gasteiger partial charge >= 0.3 is 0 Å². The fourth-order valence-electron chi connectivity index (χ4n) is 3.67. The summed E-state index contributed by atoms with van der Waals surface area (Å²) in [6.45, 7) is 2.33. The van der Waals surface area contributed by atoms with Crippen LogP contribution >= 0.6 is 0 Å². The molecular formula is C15H29N. The van der Waals surface area contributed by atoms with Gasteiger partial charge in [-0.3, -0.25) is 0 Å². The number of rotatable bonds is 4. The summed E-state index contributed by atoms with van der Waals surface area (Å²) < 4.78 is 0. The van der Waals surface area contributed by atoms with E-state index in [9.17, 15) is 0 Å². The van der Waals surface area contributed by atoms with Gasteiger partial charge in [0.1, 0.15) is 0 Å². The summed E-state index contributed by atoms with van der Waals surface area (Å²) in [4.78, 5) is 0. The zero-order chi connectivity index (χ0) is 11.2. The van der Waals surface area contributed by atoms with Crippen LogP contribution in [-0.4, -0.2) is 12.1 Å². The first-order chi connectivity index (χ1) is 7.88. The third-order valence-electron chi connectivity index (χ3n) is 4.61. The second kappa shape index (κ2) is 6.64. The molecule has 1 N–H and O–H groups in total. The molecule has 2 aliphatic rings. The van der Waals surface area contributed by atoms with Crippen LogP contribution in [0.2, 0.25) is 0 Å². The molecule has 0 amide bonds. The van der Waals surface area contributed by atoms with Crippen molar-refractivity contribution in [2.24, 2.45) is 5.92 Å². The molecule has 0 aromatic rings. The summed E-state index contributed by atoms with van der Waals surface area (Å²) in [5, 5.41) is 3.92. The smallest absolute Gasteiger partial charge is 0.00697 e. The van der Waals surface area contributed by atoms with Gasteiger partial charge in [-0.05, 0) is 38.0 Å². The first-order valence-electron chi connectivity index (χ1n) is 7.64. The average Bonchev–Trinajstić information content (AvgIpc) is 2.68. The lowest BCUT2D eigenvalue weighted by molar-refractivity contribution is 0.381. The fourth-order valence-corrected chi connectivity index (χ4v) is 3.67. The minimum absolute atomic E-state index is 0.852. The Morgan fingerprint density at radius 1 is 0.812 bits per heavy atom. The molecule has 2 aliphatic carbocycles. The summed E-state index contributed by atoms with van der Waals surface area (Å²) in [6.07, 6.45) is 16.0. The van der Waals surface area contributed by atoms with E-state index in [0.717, 1.165) is 18.0 Å². The highest BCUT2D eigenvalue weighted by atomic mass is 15.0. The summed E-state index contributed by atoms with van der Waals surface area (Å²) in [6, 6.07) is 1.72. The predicted octanol–water partition coefficient (Wildman–Crippen LogP) is 4.27.